The van der Waals surface area contributed by atoms with Gasteiger partial charge >= 0.3 is 5.97 Å². The van der Waals surface area contributed by atoms with E-state index in [2.05, 4.69) is 4.74 Å². The molecule has 0 unspecified atom stereocenters. The minimum Gasteiger partial charge on any atom is -0.465 e. The first-order chi connectivity index (χ1) is 6.49. The molecule has 0 atom stereocenters. The average molecular weight is 222 g/mol. The van der Waals surface area contributed by atoms with Crippen LogP contribution in [0.5, 0.6) is 0 Å². The van der Waals surface area contributed by atoms with Crippen molar-refractivity contribution in [3.8, 4) is 0 Å². The first-order valence-electron chi connectivity index (χ1n) is 3.50. The molecule has 0 amide bonds. The molecule has 0 aliphatic carbocycles. The van der Waals surface area contributed by atoms with Crippen LogP contribution in [0.1, 0.15) is 10.4 Å². The van der Waals surface area contributed by atoms with Gasteiger partial charge in [0.2, 0.25) is 0 Å². The molecule has 0 saturated carbocycles. The lowest BCUT2D eigenvalue weighted by Crippen LogP contribution is -2.10. The molecule has 3 nitrogen and oxygen atoms in total. The Morgan fingerprint density at radius 3 is 2.64 bits per heavy atom. The highest BCUT2D eigenvalue weighted by atomic mass is 35.5. The maximum Gasteiger partial charge on any atom is 0.343 e. The summed E-state index contributed by atoms with van der Waals surface area (Å²) in [6.45, 7) is 0. The van der Waals surface area contributed by atoms with E-state index in [-0.39, 0.29) is 5.02 Å². The smallest absolute Gasteiger partial charge is 0.343 e. The van der Waals surface area contributed by atoms with Gasteiger partial charge in [-0.25, -0.2) is 13.6 Å². The van der Waals surface area contributed by atoms with E-state index in [1.807, 2.05) is 0 Å². The van der Waals surface area contributed by atoms with Crippen LogP contribution in [0.25, 0.3) is 0 Å². The van der Waals surface area contributed by atoms with Crippen molar-refractivity contribution in [3.63, 3.8) is 0 Å². The van der Waals surface area contributed by atoms with Crippen LogP contribution in [0.4, 0.5) is 14.5 Å². The van der Waals surface area contributed by atoms with Crippen molar-refractivity contribution >= 4 is 23.3 Å². The van der Waals surface area contributed by atoms with Crippen molar-refractivity contribution in [3.05, 3.63) is 28.3 Å². The Morgan fingerprint density at radius 2 is 2.14 bits per heavy atom. The van der Waals surface area contributed by atoms with Gasteiger partial charge in [0.15, 0.2) is 5.82 Å². The number of hydrogen-bond donors (Lipinski definition) is 1. The maximum absolute atomic E-state index is 13.2. The molecule has 2 N–H and O–H groups in total. The molecule has 76 valence electrons. The summed E-state index contributed by atoms with van der Waals surface area (Å²) in [5, 5.41) is -0.285. The highest BCUT2D eigenvalue weighted by molar-refractivity contribution is 6.33. The highest BCUT2D eigenvalue weighted by Gasteiger charge is 2.22. The van der Waals surface area contributed by atoms with Gasteiger partial charge in [-0.3, -0.25) is 0 Å². The summed E-state index contributed by atoms with van der Waals surface area (Å²) < 4.78 is 30.4. The zero-order valence-corrected chi connectivity index (χ0v) is 7.86. The van der Waals surface area contributed by atoms with Gasteiger partial charge in [0.25, 0.3) is 0 Å². The van der Waals surface area contributed by atoms with Gasteiger partial charge in [-0.2, -0.15) is 0 Å². The molecule has 0 radical (unpaired) electrons. The van der Waals surface area contributed by atoms with E-state index >= 15 is 0 Å². The molecule has 0 aliphatic heterocycles. The number of nitrogens with two attached hydrogens (primary N) is 1. The van der Waals surface area contributed by atoms with E-state index in [0.29, 0.717) is 0 Å². The van der Waals surface area contributed by atoms with E-state index in [0.717, 1.165) is 13.2 Å². The monoisotopic (exact) mass is 221 g/mol. The van der Waals surface area contributed by atoms with Gasteiger partial charge in [-0.05, 0) is 6.07 Å². The Hall–Kier alpha value is -1.36. The number of rotatable bonds is 1. The minimum absolute atomic E-state index is 0.285. The van der Waals surface area contributed by atoms with E-state index in [9.17, 15) is 13.6 Å². The Kier molecular flexibility index (Phi) is 2.90. The lowest BCUT2D eigenvalue weighted by molar-refractivity contribution is 0.0590. The molecule has 0 aliphatic rings. The quantitative estimate of drug-likeness (QED) is 0.583. The standard InChI is InChI=1S/C8H6ClF2NO2/c1-14-8(13)5-4(10)2-3(9)7(12)6(5)11/h2H,12H2,1H3. The predicted octanol–water partition coefficient (Wildman–Crippen LogP) is 1.99. The van der Waals surface area contributed by atoms with Gasteiger partial charge in [0, 0.05) is 0 Å². The molecule has 0 spiro atoms. The van der Waals surface area contributed by atoms with Crippen LogP contribution in [0.3, 0.4) is 0 Å². The average Bonchev–Trinajstić information content (AvgIpc) is 2.14. The summed E-state index contributed by atoms with van der Waals surface area (Å²) in [6.07, 6.45) is 0. The molecule has 0 saturated heterocycles. The van der Waals surface area contributed by atoms with E-state index in [1.54, 1.807) is 0 Å². The second-order valence-electron chi connectivity index (χ2n) is 2.43. The van der Waals surface area contributed by atoms with Crippen molar-refractivity contribution in [1.82, 2.24) is 0 Å². The molecule has 6 heteroatoms. The van der Waals surface area contributed by atoms with Crippen molar-refractivity contribution < 1.29 is 18.3 Å². The van der Waals surface area contributed by atoms with Gasteiger partial charge in [0.1, 0.15) is 11.4 Å². The number of halogens is 3. The summed E-state index contributed by atoms with van der Waals surface area (Å²) in [5.41, 5.74) is 3.85. The molecule has 0 heterocycles. The molecule has 1 aromatic carbocycles. The number of benzene rings is 1. The number of carbonyl (C=O) groups excluding carboxylic acids is 1. The van der Waals surface area contributed by atoms with Gasteiger partial charge in [-0.15, -0.1) is 0 Å². The van der Waals surface area contributed by atoms with E-state index in [4.69, 9.17) is 17.3 Å². The molecule has 14 heavy (non-hydrogen) atoms. The fraction of sp³-hybridized carbons (Fsp3) is 0.125. The molecular formula is C8H6ClF2NO2. The third kappa shape index (κ3) is 1.63. The number of hydrogen-bond acceptors (Lipinski definition) is 3. The fourth-order valence-corrected chi connectivity index (χ4v) is 1.07. The fourth-order valence-electron chi connectivity index (χ4n) is 0.895. The SMILES string of the molecule is COC(=O)c1c(F)cc(Cl)c(N)c1F. The van der Waals surface area contributed by atoms with Crippen molar-refractivity contribution in [2.45, 2.75) is 0 Å². The molecule has 1 aromatic rings. The van der Waals surface area contributed by atoms with E-state index < -0.39 is 28.9 Å². The van der Waals surface area contributed by atoms with Crippen LogP contribution < -0.4 is 5.73 Å². The molecular weight excluding hydrogens is 216 g/mol. The maximum atomic E-state index is 13.2. The topological polar surface area (TPSA) is 52.3 Å². The zero-order chi connectivity index (χ0) is 10.9. The van der Waals surface area contributed by atoms with Crippen LogP contribution in [0.2, 0.25) is 5.02 Å². The second kappa shape index (κ2) is 3.79. The molecule has 0 aromatic heterocycles. The number of anilines is 1. The summed E-state index contributed by atoms with van der Waals surface area (Å²) in [6, 6.07) is 0.756. The van der Waals surface area contributed by atoms with Crippen LogP contribution in [-0.4, -0.2) is 13.1 Å². The summed E-state index contributed by atoms with van der Waals surface area (Å²) in [4.78, 5) is 10.9. The zero-order valence-electron chi connectivity index (χ0n) is 7.11. The number of carbonyl (C=O) groups is 1. The van der Waals surface area contributed by atoms with Gasteiger partial charge in [-0.1, -0.05) is 11.6 Å². The van der Waals surface area contributed by atoms with Crippen molar-refractivity contribution in [1.29, 1.82) is 0 Å². The van der Waals surface area contributed by atoms with Crippen molar-refractivity contribution in [2.24, 2.45) is 0 Å². The van der Waals surface area contributed by atoms with Crippen LogP contribution in [-0.2, 0) is 4.74 Å². The first-order valence-corrected chi connectivity index (χ1v) is 3.88. The third-order valence-electron chi connectivity index (χ3n) is 1.60. The van der Waals surface area contributed by atoms with Gasteiger partial charge in [0.05, 0.1) is 17.8 Å². The number of methoxy groups -OCH3 is 1. The van der Waals surface area contributed by atoms with Crippen molar-refractivity contribution in [2.75, 3.05) is 12.8 Å². The van der Waals surface area contributed by atoms with E-state index in [1.165, 1.54) is 0 Å². The third-order valence-corrected chi connectivity index (χ3v) is 1.91. The first kappa shape index (κ1) is 10.7. The lowest BCUT2D eigenvalue weighted by atomic mass is 10.1. The molecule has 1 rings (SSSR count). The summed E-state index contributed by atoms with van der Waals surface area (Å²) in [7, 11) is 1.01. The molecule has 0 fully saturated rings. The van der Waals surface area contributed by atoms with Crippen LogP contribution >= 0.6 is 11.6 Å². The van der Waals surface area contributed by atoms with Crippen LogP contribution in [0.15, 0.2) is 6.07 Å². The summed E-state index contributed by atoms with van der Waals surface area (Å²) in [5.74, 6) is -3.45. The van der Waals surface area contributed by atoms with Crippen LogP contribution in [0, 0.1) is 11.6 Å². The highest BCUT2D eigenvalue weighted by Crippen LogP contribution is 2.27. The number of nitrogen functional groups attached to an aromatic ring is 1. The predicted molar refractivity (Wildman–Crippen MR) is 47.1 cm³/mol. The largest absolute Gasteiger partial charge is 0.465 e. The number of esters is 1. The number of ether oxygens (including phenoxy) is 1. The Morgan fingerprint density at radius 1 is 1.57 bits per heavy atom. The second-order valence-corrected chi connectivity index (χ2v) is 2.84. The Labute approximate surface area is 83.4 Å². The Bertz CT molecular complexity index is 395. The normalized spacial score (nSPS) is 10.0. The lowest BCUT2D eigenvalue weighted by Gasteiger charge is -2.06. The molecule has 0 bridgehead atoms. The Balaban J connectivity index is 3.44. The van der Waals surface area contributed by atoms with Gasteiger partial charge < -0.3 is 10.5 Å². The minimum atomic E-state index is -1.21. The summed E-state index contributed by atoms with van der Waals surface area (Å²) >= 11 is 5.38.